The number of furan rings is 2. The lowest BCUT2D eigenvalue weighted by molar-refractivity contribution is 0.669. The molecule has 0 unspecified atom stereocenters. The predicted molar refractivity (Wildman–Crippen MR) is 218 cm³/mol. The van der Waals surface area contributed by atoms with Gasteiger partial charge in [-0.2, -0.15) is 10.5 Å². The van der Waals surface area contributed by atoms with Crippen molar-refractivity contribution in [2.75, 3.05) is 0 Å². The molecule has 0 radical (unpaired) electrons. The summed E-state index contributed by atoms with van der Waals surface area (Å²) in [7, 11) is 0. The van der Waals surface area contributed by atoms with Gasteiger partial charge in [0.15, 0.2) is 0 Å². The summed E-state index contributed by atoms with van der Waals surface area (Å²) >= 11 is 0. The summed E-state index contributed by atoms with van der Waals surface area (Å²) in [5.41, 5.74) is 13.9. The largest absolute Gasteiger partial charge is 0.456 e. The predicted octanol–water partition coefficient (Wildman–Crippen LogP) is 13.6. The van der Waals surface area contributed by atoms with Gasteiger partial charge >= 0.3 is 0 Å². The standard InChI is InChI=1S/C50H28N2O2/c51-29-31-11-1-3-13-39(31)35-23-33(24-36(27-35)40-14-4-2-12-32(40)30-52)34-25-37(41-17-10-22-48-49(41)45-16-6-8-21-47(45)53-48)28-38(26-34)42-18-9-19-44-43-15-5-7-20-46(43)54-50(42)44/h1-28H. The van der Waals surface area contributed by atoms with E-state index in [9.17, 15) is 10.5 Å². The zero-order valence-electron chi connectivity index (χ0n) is 28.9. The number of nitrogens with zero attached hydrogens (tertiary/aromatic N) is 2. The molecule has 4 nitrogen and oxygen atoms in total. The molecule has 2 aromatic heterocycles. The lowest BCUT2D eigenvalue weighted by atomic mass is 9.87. The van der Waals surface area contributed by atoms with E-state index in [0.717, 1.165) is 99.5 Å². The van der Waals surface area contributed by atoms with Crippen LogP contribution in [0.4, 0.5) is 0 Å². The Morgan fingerprint density at radius 3 is 1.41 bits per heavy atom. The Bertz CT molecular complexity index is 3130. The van der Waals surface area contributed by atoms with Gasteiger partial charge < -0.3 is 8.83 Å². The molecule has 10 rings (SSSR count). The third kappa shape index (κ3) is 5.06. The van der Waals surface area contributed by atoms with E-state index in [1.54, 1.807) is 0 Å². The second-order valence-electron chi connectivity index (χ2n) is 13.5. The summed E-state index contributed by atoms with van der Waals surface area (Å²) in [6.07, 6.45) is 0. The van der Waals surface area contributed by atoms with Gasteiger partial charge in [0, 0.05) is 27.1 Å². The Morgan fingerprint density at radius 1 is 0.333 bits per heavy atom. The van der Waals surface area contributed by atoms with Crippen molar-refractivity contribution in [2.45, 2.75) is 0 Å². The van der Waals surface area contributed by atoms with E-state index in [4.69, 9.17) is 8.83 Å². The summed E-state index contributed by atoms with van der Waals surface area (Å²) in [6, 6.07) is 62.0. The molecule has 0 bridgehead atoms. The molecule has 0 aliphatic heterocycles. The maximum absolute atomic E-state index is 10.1. The Balaban J connectivity index is 1.29. The van der Waals surface area contributed by atoms with Crippen molar-refractivity contribution >= 4 is 43.9 Å². The van der Waals surface area contributed by atoms with Crippen molar-refractivity contribution in [3.8, 4) is 67.8 Å². The molecule has 0 saturated heterocycles. The van der Waals surface area contributed by atoms with Gasteiger partial charge in [-0.1, -0.05) is 103 Å². The molecule has 8 aromatic carbocycles. The van der Waals surface area contributed by atoms with Gasteiger partial charge in [0.2, 0.25) is 0 Å². The number of hydrogen-bond donors (Lipinski definition) is 0. The number of benzene rings is 8. The van der Waals surface area contributed by atoms with E-state index in [1.165, 1.54) is 0 Å². The maximum atomic E-state index is 10.1. The third-order valence-corrected chi connectivity index (χ3v) is 10.3. The Hall–Kier alpha value is -7.66. The highest BCUT2D eigenvalue weighted by molar-refractivity contribution is 6.13. The lowest BCUT2D eigenvalue weighted by Gasteiger charge is -2.16. The minimum atomic E-state index is 0.582. The van der Waals surface area contributed by atoms with Gasteiger partial charge in [-0.25, -0.2) is 0 Å². The van der Waals surface area contributed by atoms with Crippen molar-refractivity contribution in [1.82, 2.24) is 0 Å². The smallest absolute Gasteiger partial charge is 0.143 e. The molecule has 0 spiro atoms. The van der Waals surface area contributed by atoms with E-state index in [-0.39, 0.29) is 0 Å². The van der Waals surface area contributed by atoms with Crippen LogP contribution in [0.2, 0.25) is 0 Å². The van der Waals surface area contributed by atoms with Crippen molar-refractivity contribution < 1.29 is 8.83 Å². The van der Waals surface area contributed by atoms with Gasteiger partial charge in [-0.15, -0.1) is 0 Å². The minimum Gasteiger partial charge on any atom is -0.456 e. The molecule has 10 aromatic rings. The molecule has 0 aliphatic carbocycles. The summed E-state index contributed by atoms with van der Waals surface area (Å²) in [5.74, 6) is 0. The first-order chi connectivity index (χ1) is 26.7. The van der Waals surface area contributed by atoms with E-state index in [2.05, 4.69) is 84.9 Å². The average Bonchev–Trinajstić information content (AvgIpc) is 3.82. The van der Waals surface area contributed by atoms with Gasteiger partial charge in [0.25, 0.3) is 0 Å². The van der Waals surface area contributed by atoms with Crippen LogP contribution < -0.4 is 0 Å². The van der Waals surface area contributed by atoms with Crippen LogP contribution in [0.3, 0.4) is 0 Å². The third-order valence-electron chi connectivity index (χ3n) is 10.3. The topological polar surface area (TPSA) is 73.9 Å². The number of fused-ring (bicyclic) bond motifs is 6. The van der Waals surface area contributed by atoms with Crippen LogP contribution in [0.25, 0.3) is 99.5 Å². The van der Waals surface area contributed by atoms with Gasteiger partial charge in [0.05, 0.1) is 23.3 Å². The highest BCUT2D eigenvalue weighted by Gasteiger charge is 2.19. The fourth-order valence-corrected chi connectivity index (χ4v) is 7.86. The summed E-state index contributed by atoms with van der Waals surface area (Å²) in [5, 5.41) is 24.5. The van der Waals surface area contributed by atoms with Gasteiger partial charge in [-0.05, 0) is 117 Å². The molecular formula is C50H28N2O2. The highest BCUT2D eigenvalue weighted by atomic mass is 16.3. The number of hydrogen-bond acceptors (Lipinski definition) is 4. The number of nitriles is 2. The Labute approximate surface area is 311 Å². The summed E-state index contributed by atoms with van der Waals surface area (Å²) < 4.78 is 12.9. The second-order valence-corrected chi connectivity index (χ2v) is 13.5. The first-order valence-corrected chi connectivity index (χ1v) is 17.8. The van der Waals surface area contributed by atoms with Gasteiger partial charge in [-0.3, -0.25) is 0 Å². The molecule has 0 amide bonds. The number of para-hydroxylation sites is 3. The molecule has 2 heterocycles. The van der Waals surface area contributed by atoms with E-state index in [1.807, 2.05) is 97.1 Å². The second kappa shape index (κ2) is 12.5. The average molecular weight is 689 g/mol. The van der Waals surface area contributed by atoms with Crippen molar-refractivity contribution in [3.05, 3.63) is 181 Å². The van der Waals surface area contributed by atoms with Crippen LogP contribution in [-0.4, -0.2) is 0 Å². The molecule has 0 fully saturated rings. The van der Waals surface area contributed by atoms with Gasteiger partial charge in [0.1, 0.15) is 22.3 Å². The minimum absolute atomic E-state index is 0.582. The van der Waals surface area contributed by atoms with Crippen LogP contribution in [0, 0.1) is 22.7 Å². The molecule has 0 atom stereocenters. The van der Waals surface area contributed by atoms with E-state index < -0.39 is 0 Å². The molecule has 250 valence electrons. The number of rotatable bonds is 5. The molecule has 0 saturated carbocycles. The monoisotopic (exact) mass is 688 g/mol. The van der Waals surface area contributed by atoms with Crippen LogP contribution in [0.1, 0.15) is 11.1 Å². The SMILES string of the molecule is N#Cc1ccccc1-c1cc(-c2cc(-c3cccc4c3oc3ccccc34)cc(-c3cccc4oc5ccccc5c34)c2)cc(-c2ccccc2C#N)c1. The van der Waals surface area contributed by atoms with Crippen molar-refractivity contribution in [1.29, 1.82) is 10.5 Å². The van der Waals surface area contributed by atoms with Crippen molar-refractivity contribution in [3.63, 3.8) is 0 Å². The zero-order chi connectivity index (χ0) is 36.2. The Kier molecular flexibility index (Phi) is 7.22. The molecule has 0 N–H and O–H groups in total. The van der Waals surface area contributed by atoms with E-state index >= 15 is 0 Å². The molecule has 0 aliphatic rings. The fraction of sp³-hybridized carbons (Fsp3) is 0. The highest BCUT2D eigenvalue weighted by Crippen LogP contribution is 2.43. The molecule has 54 heavy (non-hydrogen) atoms. The van der Waals surface area contributed by atoms with Crippen LogP contribution in [0.15, 0.2) is 179 Å². The first-order valence-electron chi connectivity index (χ1n) is 17.8. The fourth-order valence-electron chi connectivity index (χ4n) is 7.86. The zero-order valence-corrected chi connectivity index (χ0v) is 28.9. The molecule has 4 heteroatoms. The van der Waals surface area contributed by atoms with Crippen molar-refractivity contribution in [2.24, 2.45) is 0 Å². The first kappa shape index (κ1) is 31.1. The Morgan fingerprint density at radius 2 is 0.759 bits per heavy atom. The normalized spacial score (nSPS) is 11.3. The molecular weight excluding hydrogens is 661 g/mol. The lowest BCUT2D eigenvalue weighted by Crippen LogP contribution is -1.92. The quantitative estimate of drug-likeness (QED) is 0.180. The van der Waals surface area contributed by atoms with Crippen LogP contribution in [-0.2, 0) is 0 Å². The summed E-state index contributed by atoms with van der Waals surface area (Å²) in [6.45, 7) is 0. The van der Waals surface area contributed by atoms with Crippen LogP contribution >= 0.6 is 0 Å². The maximum Gasteiger partial charge on any atom is 0.143 e. The summed E-state index contributed by atoms with van der Waals surface area (Å²) in [4.78, 5) is 0. The van der Waals surface area contributed by atoms with E-state index in [0.29, 0.717) is 11.1 Å². The van der Waals surface area contributed by atoms with Crippen LogP contribution in [0.5, 0.6) is 0 Å².